The van der Waals surface area contributed by atoms with Crippen molar-refractivity contribution in [2.24, 2.45) is 0 Å². The van der Waals surface area contributed by atoms with Crippen LogP contribution in [0, 0.1) is 0 Å². The predicted octanol–water partition coefficient (Wildman–Crippen LogP) is 2.93. The molecule has 0 N–H and O–H groups in total. The Morgan fingerprint density at radius 2 is 2.12 bits per heavy atom. The maximum Gasteiger partial charge on any atom is 0.118 e. The van der Waals surface area contributed by atoms with Crippen molar-refractivity contribution < 1.29 is 4.74 Å². The van der Waals surface area contributed by atoms with Gasteiger partial charge in [0.25, 0.3) is 0 Å². The van der Waals surface area contributed by atoms with Gasteiger partial charge >= 0.3 is 0 Å². The lowest BCUT2D eigenvalue weighted by molar-refractivity contribution is 0.308. The summed E-state index contributed by atoms with van der Waals surface area (Å²) in [6, 6.07) is 6.18. The lowest BCUT2D eigenvalue weighted by Gasteiger charge is -2.26. The zero-order valence-corrected chi connectivity index (χ0v) is 10.0. The maximum atomic E-state index is 5.90. The average Bonchev–Trinajstić information content (AvgIpc) is 2.14. The van der Waals surface area contributed by atoms with Crippen LogP contribution in [0.4, 0.5) is 0 Å². The van der Waals surface area contributed by atoms with Gasteiger partial charge in [0.2, 0.25) is 0 Å². The molecule has 1 saturated carbocycles. The minimum absolute atomic E-state index is 0.719. The molecule has 0 bridgehead atoms. The lowest BCUT2D eigenvalue weighted by Crippen LogP contribution is -2.13. The number of hydrogen-bond donors (Lipinski definition) is 0. The van der Waals surface area contributed by atoms with Crippen LogP contribution in [0.1, 0.15) is 50.5 Å². The summed E-state index contributed by atoms with van der Waals surface area (Å²) in [4.78, 5) is 0. The molecule has 16 heavy (non-hydrogen) atoms. The molecule has 1 aliphatic rings. The summed E-state index contributed by atoms with van der Waals surface area (Å²) in [7, 11) is 5.90. The van der Waals surface area contributed by atoms with E-state index in [4.69, 9.17) is 12.6 Å². The molecule has 1 fully saturated rings. The smallest absolute Gasteiger partial charge is 0.118 e. The molecule has 2 heteroatoms. The second-order valence-corrected chi connectivity index (χ2v) is 4.67. The maximum absolute atomic E-state index is 5.90. The van der Waals surface area contributed by atoms with Crippen molar-refractivity contribution in [2.75, 3.05) is 6.61 Å². The Hall–Kier alpha value is -0.915. The van der Waals surface area contributed by atoms with Gasteiger partial charge in [0.05, 0.1) is 6.61 Å². The third kappa shape index (κ3) is 2.81. The number of hydrogen-bond acceptors (Lipinski definition) is 1. The van der Waals surface area contributed by atoms with Crippen molar-refractivity contribution in [3.8, 4) is 5.75 Å². The first-order valence-corrected chi connectivity index (χ1v) is 6.33. The highest BCUT2D eigenvalue weighted by Gasteiger charge is 2.19. The molecule has 84 valence electrons. The van der Waals surface area contributed by atoms with Gasteiger partial charge in [0, 0.05) is 0 Å². The first-order valence-electron chi connectivity index (χ1n) is 6.33. The van der Waals surface area contributed by atoms with Crippen LogP contribution in [0.3, 0.4) is 0 Å². The summed E-state index contributed by atoms with van der Waals surface area (Å²) < 4.78 is 5.71. The largest absolute Gasteiger partial charge is 0.494 e. The van der Waals surface area contributed by atoms with Crippen molar-refractivity contribution in [3.63, 3.8) is 0 Å². The van der Waals surface area contributed by atoms with Crippen molar-refractivity contribution in [1.29, 1.82) is 0 Å². The fourth-order valence-electron chi connectivity index (χ4n) is 2.04. The van der Waals surface area contributed by atoms with Crippen LogP contribution in [0.5, 0.6) is 5.75 Å². The number of unbranched alkanes of at least 4 members (excludes halogenated alkanes) is 1. The second-order valence-electron chi connectivity index (χ2n) is 4.67. The molecule has 0 aromatic heterocycles. The third-order valence-electron chi connectivity index (χ3n) is 3.29. The standard InChI is InChI=1S/C14H19BO/c1-2-3-7-16-14-9-12(8-13(15)10-14)11-5-4-6-11/h8-11H,2-7H2,1H3. The Morgan fingerprint density at radius 1 is 1.31 bits per heavy atom. The van der Waals surface area contributed by atoms with E-state index in [2.05, 4.69) is 19.1 Å². The topological polar surface area (TPSA) is 9.23 Å². The fourth-order valence-corrected chi connectivity index (χ4v) is 2.04. The Balaban J connectivity index is 2.03. The minimum atomic E-state index is 0.719. The Labute approximate surface area is 99.6 Å². The Bertz CT molecular complexity index is 345. The van der Waals surface area contributed by atoms with Gasteiger partial charge in [0.15, 0.2) is 0 Å². The molecule has 0 saturated heterocycles. The summed E-state index contributed by atoms with van der Waals surface area (Å²) in [5.74, 6) is 1.66. The number of ether oxygens (including phenoxy) is 1. The Kier molecular flexibility index (Phi) is 3.92. The van der Waals surface area contributed by atoms with Crippen molar-refractivity contribution in [2.45, 2.75) is 44.9 Å². The number of benzene rings is 1. The molecule has 0 atom stereocenters. The molecule has 0 aliphatic heterocycles. The van der Waals surface area contributed by atoms with Crippen LogP contribution in [-0.4, -0.2) is 14.5 Å². The summed E-state index contributed by atoms with van der Waals surface area (Å²) >= 11 is 0. The number of rotatable bonds is 5. The average molecular weight is 214 g/mol. The van der Waals surface area contributed by atoms with Crippen molar-refractivity contribution >= 4 is 13.3 Å². The molecule has 0 heterocycles. The van der Waals surface area contributed by atoms with Crippen molar-refractivity contribution in [3.05, 3.63) is 23.8 Å². The van der Waals surface area contributed by atoms with Gasteiger partial charge < -0.3 is 4.74 Å². The SMILES string of the molecule is [B]c1cc(OCCCC)cc(C2CCC2)c1. The fraction of sp³-hybridized carbons (Fsp3) is 0.571. The normalized spacial score (nSPS) is 15.8. The monoisotopic (exact) mass is 214 g/mol. The third-order valence-corrected chi connectivity index (χ3v) is 3.29. The Morgan fingerprint density at radius 3 is 2.75 bits per heavy atom. The quantitative estimate of drug-likeness (QED) is 0.540. The van der Waals surface area contributed by atoms with Gasteiger partial charge in [-0.3, -0.25) is 0 Å². The molecular weight excluding hydrogens is 195 g/mol. The molecule has 0 spiro atoms. The zero-order valence-electron chi connectivity index (χ0n) is 10.0. The van der Waals surface area contributed by atoms with Crippen LogP contribution in [0.25, 0.3) is 0 Å². The molecule has 0 unspecified atom stereocenters. The van der Waals surface area contributed by atoms with Gasteiger partial charge in [-0.15, -0.1) is 0 Å². The van der Waals surface area contributed by atoms with E-state index in [9.17, 15) is 0 Å². The first-order chi connectivity index (χ1) is 7.79. The van der Waals surface area contributed by atoms with E-state index in [0.29, 0.717) is 0 Å². The van der Waals surface area contributed by atoms with E-state index in [1.165, 1.54) is 24.8 Å². The summed E-state index contributed by atoms with van der Waals surface area (Å²) in [6.45, 7) is 2.96. The highest BCUT2D eigenvalue weighted by molar-refractivity contribution is 6.32. The van der Waals surface area contributed by atoms with E-state index in [1.54, 1.807) is 0 Å². The summed E-state index contributed by atoms with van der Waals surface area (Å²) in [5, 5.41) is 0. The van der Waals surface area contributed by atoms with E-state index in [-0.39, 0.29) is 0 Å². The molecule has 0 amide bonds. The molecule has 1 aromatic rings. The minimum Gasteiger partial charge on any atom is -0.494 e. The van der Waals surface area contributed by atoms with Gasteiger partial charge in [0.1, 0.15) is 13.6 Å². The summed E-state index contributed by atoms with van der Waals surface area (Å²) in [5.41, 5.74) is 2.19. The van der Waals surface area contributed by atoms with Crippen LogP contribution < -0.4 is 10.2 Å². The predicted molar refractivity (Wildman–Crippen MR) is 68.8 cm³/mol. The lowest BCUT2D eigenvalue weighted by atomic mass is 9.78. The molecule has 2 rings (SSSR count). The van der Waals surface area contributed by atoms with E-state index >= 15 is 0 Å². The van der Waals surface area contributed by atoms with Gasteiger partial charge in [-0.2, -0.15) is 0 Å². The molecular formula is C14H19BO. The van der Waals surface area contributed by atoms with E-state index in [1.807, 2.05) is 6.07 Å². The van der Waals surface area contributed by atoms with Gasteiger partial charge in [-0.25, -0.2) is 0 Å². The van der Waals surface area contributed by atoms with Crippen LogP contribution in [-0.2, 0) is 0 Å². The molecule has 1 aliphatic carbocycles. The van der Waals surface area contributed by atoms with E-state index < -0.39 is 0 Å². The zero-order chi connectivity index (χ0) is 11.4. The van der Waals surface area contributed by atoms with Gasteiger partial charge in [-0.1, -0.05) is 31.3 Å². The molecule has 1 nitrogen and oxygen atoms in total. The first kappa shape index (κ1) is 11.6. The summed E-state index contributed by atoms with van der Waals surface area (Å²) in [6.07, 6.45) is 6.23. The van der Waals surface area contributed by atoms with Crippen LogP contribution in [0.15, 0.2) is 18.2 Å². The molecule has 1 aromatic carbocycles. The highest BCUT2D eigenvalue weighted by Crippen LogP contribution is 2.36. The highest BCUT2D eigenvalue weighted by atomic mass is 16.5. The van der Waals surface area contributed by atoms with Crippen LogP contribution >= 0.6 is 0 Å². The van der Waals surface area contributed by atoms with Crippen LogP contribution in [0.2, 0.25) is 0 Å². The van der Waals surface area contributed by atoms with E-state index in [0.717, 1.165) is 36.6 Å². The van der Waals surface area contributed by atoms with Crippen molar-refractivity contribution in [1.82, 2.24) is 0 Å². The molecule has 2 radical (unpaired) electrons. The van der Waals surface area contributed by atoms with Gasteiger partial charge in [-0.05, 0) is 42.9 Å². The second kappa shape index (κ2) is 5.42.